The lowest BCUT2D eigenvalue weighted by Gasteiger charge is -2.21. The van der Waals surface area contributed by atoms with E-state index in [0.717, 1.165) is 10.0 Å². The van der Waals surface area contributed by atoms with Gasteiger partial charge in [-0.15, -0.1) is 0 Å². The largest absolute Gasteiger partial charge is 0.306 e. The molecule has 0 aliphatic heterocycles. The second-order valence-electron chi connectivity index (χ2n) is 4.46. The van der Waals surface area contributed by atoms with Crippen molar-refractivity contribution in [2.45, 2.75) is 13.0 Å². The molecule has 0 aliphatic carbocycles. The SMILES string of the molecule is CCNC(c1cc(Cl)cc(Br)c1)c1ccc(Br)c(Cl)c1F. The summed E-state index contributed by atoms with van der Waals surface area (Å²) in [5, 5.41) is 3.93. The topological polar surface area (TPSA) is 12.0 Å². The molecule has 1 N–H and O–H groups in total. The van der Waals surface area contributed by atoms with E-state index in [9.17, 15) is 4.39 Å². The molecule has 0 aliphatic rings. The molecule has 0 spiro atoms. The Kier molecular flexibility index (Phi) is 6.09. The molecular weight excluding hydrogens is 444 g/mol. The van der Waals surface area contributed by atoms with Crippen molar-refractivity contribution < 1.29 is 4.39 Å². The molecule has 1 unspecified atom stereocenters. The molecule has 0 aromatic heterocycles. The molecule has 2 aromatic rings. The Bertz CT molecular complexity index is 644. The highest BCUT2D eigenvalue weighted by Gasteiger charge is 2.20. The summed E-state index contributed by atoms with van der Waals surface area (Å²) in [6.07, 6.45) is 0. The van der Waals surface area contributed by atoms with Crippen LogP contribution in [-0.2, 0) is 0 Å². The van der Waals surface area contributed by atoms with E-state index in [2.05, 4.69) is 37.2 Å². The third kappa shape index (κ3) is 3.99. The second kappa shape index (κ2) is 7.42. The van der Waals surface area contributed by atoms with Crippen LogP contribution in [0.1, 0.15) is 24.1 Å². The van der Waals surface area contributed by atoms with Gasteiger partial charge in [-0.1, -0.05) is 52.1 Å². The van der Waals surface area contributed by atoms with Gasteiger partial charge in [0.2, 0.25) is 0 Å². The summed E-state index contributed by atoms with van der Waals surface area (Å²) in [6, 6.07) is 8.65. The highest BCUT2D eigenvalue weighted by molar-refractivity contribution is 9.10. The van der Waals surface area contributed by atoms with Gasteiger partial charge in [-0.05, 0) is 52.3 Å². The van der Waals surface area contributed by atoms with Crippen molar-refractivity contribution in [2.24, 2.45) is 0 Å². The lowest BCUT2D eigenvalue weighted by molar-refractivity contribution is 0.558. The highest BCUT2D eigenvalue weighted by Crippen LogP contribution is 2.34. The Balaban J connectivity index is 2.56. The summed E-state index contributed by atoms with van der Waals surface area (Å²) in [7, 11) is 0. The smallest absolute Gasteiger partial charge is 0.148 e. The van der Waals surface area contributed by atoms with Gasteiger partial charge in [0.25, 0.3) is 0 Å². The molecule has 0 fully saturated rings. The first-order chi connectivity index (χ1) is 9.93. The minimum Gasteiger partial charge on any atom is -0.306 e. The van der Waals surface area contributed by atoms with Gasteiger partial charge in [0, 0.05) is 19.5 Å². The van der Waals surface area contributed by atoms with Crippen molar-refractivity contribution >= 4 is 55.1 Å². The summed E-state index contributed by atoms with van der Waals surface area (Å²) >= 11 is 18.7. The minimum absolute atomic E-state index is 0.0801. The number of nitrogens with one attached hydrogen (secondary N) is 1. The molecule has 0 heterocycles. The van der Waals surface area contributed by atoms with Gasteiger partial charge < -0.3 is 5.32 Å². The monoisotopic (exact) mass is 453 g/mol. The summed E-state index contributed by atoms with van der Waals surface area (Å²) in [6.45, 7) is 2.65. The van der Waals surface area contributed by atoms with Crippen LogP contribution in [0.25, 0.3) is 0 Å². The molecule has 1 nitrogen and oxygen atoms in total. The van der Waals surface area contributed by atoms with Gasteiger partial charge in [-0.25, -0.2) is 4.39 Å². The first-order valence-electron chi connectivity index (χ1n) is 6.26. The zero-order chi connectivity index (χ0) is 15.6. The van der Waals surface area contributed by atoms with Crippen LogP contribution in [0.3, 0.4) is 0 Å². The van der Waals surface area contributed by atoms with Crippen molar-refractivity contribution in [3.05, 3.63) is 66.3 Å². The summed E-state index contributed by atoms with van der Waals surface area (Å²) in [5.74, 6) is -0.437. The third-order valence-electron chi connectivity index (χ3n) is 3.00. The van der Waals surface area contributed by atoms with Crippen LogP contribution in [0.4, 0.5) is 4.39 Å². The first kappa shape index (κ1) is 17.2. The molecule has 0 radical (unpaired) electrons. The molecule has 1 atom stereocenters. The average molecular weight is 456 g/mol. The standard InChI is InChI=1S/C15H12Br2Cl2FN/c1-2-21-15(8-5-9(16)7-10(18)6-8)11-3-4-12(17)13(19)14(11)20/h3-7,15,21H,2H2,1H3. The van der Waals surface area contributed by atoms with Gasteiger partial charge in [-0.3, -0.25) is 0 Å². The van der Waals surface area contributed by atoms with Gasteiger partial charge in [0.1, 0.15) is 5.82 Å². The predicted molar refractivity (Wildman–Crippen MR) is 93.8 cm³/mol. The molecule has 0 saturated carbocycles. The summed E-state index contributed by atoms with van der Waals surface area (Å²) in [5.41, 5.74) is 1.35. The molecule has 6 heteroatoms. The van der Waals surface area contributed by atoms with Gasteiger partial charge in [-0.2, -0.15) is 0 Å². The zero-order valence-electron chi connectivity index (χ0n) is 11.1. The number of hydrogen-bond acceptors (Lipinski definition) is 1. The van der Waals surface area contributed by atoms with E-state index in [-0.39, 0.29) is 11.1 Å². The maximum Gasteiger partial charge on any atom is 0.148 e. The van der Waals surface area contributed by atoms with Crippen molar-refractivity contribution in [2.75, 3.05) is 6.54 Å². The van der Waals surface area contributed by atoms with Crippen molar-refractivity contribution in [3.63, 3.8) is 0 Å². The van der Waals surface area contributed by atoms with E-state index in [4.69, 9.17) is 23.2 Å². The number of hydrogen-bond donors (Lipinski definition) is 1. The quantitative estimate of drug-likeness (QED) is 0.529. The fourth-order valence-electron chi connectivity index (χ4n) is 2.12. The molecular formula is C15H12Br2Cl2FN. The fraction of sp³-hybridized carbons (Fsp3) is 0.200. The van der Waals surface area contributed by atoms with E-state index < -0.39 is 5.82 Å². The van der Waals surface area contributed by atoms with E-state index in [1.807, 2.05) is 19.1 Å². The summed E-state index contributed by atoms with van der Waals surface area (Å²) in [4.78, 5) is 0. The number of rotatable bonds is 4. The zero-order valence-corrected chi connectivity index (χ0v) is 15.7. The Morgan fingerprint density at radius 1 is 1.19 bits per heavy atom. The van der Waals surface area contributed by atoms with Gasteiger partial charge in [0.05, 0.1) is 11.1 Å². The molecule has 2 rings (SSSR count). The molecule has 0 saturated heterocycles. The first-order valence-corrected chi connectivity index (χ1v) is 8.61. The highest BCUT2D eigenvalue weighted by atomic mass is 79.9. The average Bonchev–Trinajstić information content (AvgIpc) is 2.42. The van der Waals surface area contributed by atoms with Crippen LogP contribution >= 0.6 is 55.1 Å². The molecule has 0 bridgehead atoms. The van der Waals surface area contributed by atoms with Crippen LogP contribution in [-0.4, -0.2) is 6.54 Å². The Morgan fingerprint density at radius 2 is 1.90 bits per heavy atom. The summed E-state index contributed by atoms with van der Waals surface area (Å²) < 4.78 is 15.9. The number of benzene rings is 2. The minimum atomic E-state index is -0.437. The molecule has 2 aromatic carbocycles. The van der Waals surface area contributed by atoms with Crippen molar-refractivity contribution in [1.29, 1.82) is 0 Å². The number of halogens is 5. The van der Waals surface area contributed by atoms with Gasteiger partial charge in [0.15, 0.2) is 0 Å². The fourth-order valence-corrected chi connectivity index (χ4v) is 3.48. The Labute approximate surface area is 150 Å². The maximum absolute atomic E-state index is 14.5. The molecule has 112 valence electrons. The van der Waals surface area contributed by atoms with E-state index in [0.29, 0.717) is 21.6 Å². The van der Waals surface area contributed by atoms with Crippen LogP contribution in [0.2, 0.25) is 10.0 Å². The maximum atomic E-state index is 14.5. The van der Waals surface area contributed by atoms with Crippen molar-refractivity contribution in [1.82, 2.24) is 5.32 Å². The lowest BCUT2D eigenvalue weighted by atomic mass is 9.98. The van der Waals surface area contributed by atoms with Crippen LogP contribution in [0.5, 0.6) is 0 Å². The normalized spacial score (nSPS) is 12.5. The van der Waals surface area contributed by atoms with E-state index >= 15 is 0 Å². The van der Waals surface area contributed by atoms with Crippen LogP contribution in [0, 0.1) is 5.82 Å². The van der Waals surface area contributed by atoms with Gasteiger partial charge >= 0.3 is 0 Å². The molecule has 21 heavy (non-hydrogen) atoms. The Hall–Kier alpha value is -0.130. The van der Waals surface area contributed by atoms with Crippen LogP contribution in [0.15, 0.2) is 39.3 Å². The third-order valence-corrected chi connectivity index (χ3v) is 4.94. The van der Waals surface area contributed by atoms with Crippen LogP contribution < -0.4 is 5.32 Å². The molecule has 0 amide bonds. The van der Waals surface area contributed by atoms with E-state index in [1.165, 1.54) is 0 Å². The Morgan fingerprint density at radius 3 is 2.52 bits per heavy atom. The van der Waals surface area contributed by atoms with E-state index in [1.54, 1.807) is 18.2 Å². The lowest BCUT2D eigenvalue weighted by Crippen LogP contribution is -2.23. The predicted octanol–water partition coefficient (Wildman–Crippen LogP) is 6.36. The van der Waals surface area contributed by atoms with Crippen molar-refractivity contribution in [3.8, 4) is 0 Å². The second-order valence-corrected chi connectivity index (χ2v) is 7.04.